The molecule has 4 heteroatoms. The minimum absolute atomic E-state index is 0.148. The lowest BCUT2D eigenvalue weighted by atomic mass is 10.1. The van der Waals surface area contributed by atoms with Crippen molar-refractivity contribution < 1.29 is 9.90 Å². The number of carbonyl (C=O) groups is 1. The number of carbonyl (C=O) groups excluding carboxylic acids is 1. The Morgan fingerprint density at radius 3 is 2.71 bits per heavy atom. The average molecular weight is 217 g/mol. The van der Waals surface area contributed by atoms with E-state index in [2.05, 4.69) is 5.32 Å². The standard InChI is InChI=1S/C10H19NO2S/c12-6-2-1-3-10(13)11-9-4-7-14-8-5-9/h9,12H,1-8H2,(H,11,13). The number of hydrogen-bond donors (Lipinski definition) is 2. The largest absolute Gasteiger partial charge is 0.396 e. The summed E-state index contributed by atoms with van der Waals surface area (Å²) in [5.41, 5.74) is 0. The third kappa shape index (κ3) is 4.86. The zero-order chi connectivity index (χ0) is 10.2. The molecule has 0 atom stereocenters. The van der Waals surface area contributed by atoms with Crippen molar-refractivity contribution in [2.24, 2.45) is 0 Å². The number of nitrogens with one attached hydrogen (secondary N) is 1. The molecule has 3 nitrogen and oxygen atoms in total. The second-order valence-corrected chi connectivity index (χ2v) is 4.86. The van der Waals surface area contributed by atoms with Crippen LogP contribution in [0, 0.1) is 0 Å². The summed E-state index contributed by atoms with van der Waals surface area (Å²) >= 11 is 1.96. The van der Waals surface area contributed by atoms with Gasteiger partial charge < -0.3 is 10.4 Å². The van der Waals surface area contributed by atoms with Crippen LogP contribution in [0.1, 0.15) is 32.1 Å². The molecule has 0 saturated carbocycles. The topological polar surface area (TPSA) is 49.3 Å². The molecule has 1 heterocycles. The summed E-state index contributed by atoms with van der Waals surface area (Å²) in [6.45, 7) is 0.188. The van der Waals surface area contributed by atoms with Gasteiger partial charge in [-0.15, -0.1) is 0 Å². The van der Waals surface area contributed by atoms with Gasteiger partial charge in [-0.3, -0.25) is 4.79 Å². The van der Waals surface area contributed by atoms with Crippen molar-refractivity contribution >= 4 is 17.7 Å². The van der Waals surface area contributed by atoms with Crippen LogP contribution in [-0.2, 0) is 4.79 Å². The summed E-state index contributed by atoms with van der Waals surface area (Å²) in [5, 5.41) is 11.6. The van der Waals surface area contributed by atoms with E-state index in [4.69, 9.17) is 5.11 Å². The number of aliphatic hydroxyl groups excluding tert-OH is 1. The van der Waals surface area contributed by atoms with Gasteiger partial charge in [-0.1, -0.05) is 0 Å². The fraction of sp³-hybridized carbons (Fsp3) is 0.900. The number of amides is 1. The van der Waals surface area contributed by atoms with Gasteiger partial charge in [0.25, 0.3) is 0 Å². The monoisotopic (exact) mass is 217 g/mol. The smallest absolute Gasteiger partial charge is 0.220 e. The first-order valence-electron chi connectivity index (χ1n) is 5.31. The minimum Gasteiger partial charge on any atom is -0.396 e. The Bertz CT molecular complexity index is 170. The quantitative estimate of drug-likeness (QED) is 0.679. The van der Waals surface area contributed by atoms with Crippen molar-refractivity contribution in [3.63, 3.8) is 0 Å². The first-order chi connectivity index (χ1) is 6.83. The Kier molecular flexibility index (Phi) is 6.03. The van der Waals surface area contributed by atoms with Crippen LogP contribution in [0.5, 0.6) is 0 Å². The van der Waals surface area contributed by atoms with Gasteiger partial charge in [0.15, 0.2) is 0 Å². The van der Waals surface area contributed by atoms with E-state index in [-0.39, 0.29) is 12.5 Å². The molecule has 14 heavy (non-hydrogen) atoms. The van der Waals surface area contributed by atoms with Gasteiger partial charge >= 0.3 is 0 Å². The Morgan fingerprint density at radius 2 is 2.07 bits per heavy atom. The summed E-state index contributed by atoms with van der Waals surface area (Å²) in [7, 11) is 0. The van der Waals surface area contributed by atoms with Gasteiger partial charge in [-0.25, -0.2) is 0 Å². The summed E-state index contributed by atoms with van der Waals surface area (Å²) < 4.78 is 0. The molecule has 0 bridgehead atoms. The summed E-state index contributed by atoms with van der Waals surface area (Å²) in [5.74, 6) is 2.48. The highest BCUT2D eigenvalue weighted by Crippen LogP contribution is 2.16. The van der Waals surface area contributed by atoms with E-state index in [0.29, 0.717) is 12.5 Å². The number of unbranched alkanes of at least 4 members (excludes halogenated alkanes) is 1. The van der Waals surface area contributed by atoms with Gasteiger partial charge in [0, 0.05) is 19.1 Å². The zero-order valence-electron chi connectivity index (χ0n) is 8.50. The Morgan fingerprint density at radius 1 is 1.36 bits per heavy atom. The fourth-order valence-corrected chi connectivity index (χ4v) is 2.65. The van der Waals surface area contributed by atoms with Gasteiger partial charge in [0.05, 0.1) is 0 Å². The van der Waals surface area contributed by atoms with Gasteiger partial charge in [0.1, 0.15) is 0 Å². The Balaban J connectivity index is 2.06. The van der Waals surface area contributed by atoms with Crippen molar-refractivity contribution in [3.8, 4) is 0 Å². The third-order valence-corrected chi connectivity index (χ3v) is 3.45. The molecule has 0 aromatic carbocycles. The summed E-state index contributed by atoms with van der Waals surface area (Å²) in [4.78, 5) is 11.4. The molecular weight excluding hydrogens is 198 g/mol. The first kappa shape index (κ1) is 11.9. The van der Waals surface area contributed by atoms with E-state index in [1.54, 1.807) is 0 Å². The lowest BCUT2D eigenvalue weighted by Gasteiger charge is -2.22. The molecule has 1 amide bonds. The maximum absolute atomic E-state index is 11.4. The van der Waals surface area contributed by atoms with Crippen LogP contribution in [0.3, 0.4) is 0 Å². The molecule has 2 N–H and O–H groups in total. The highest BCUT2D eigenvalue weighted by Gasteiger charge is 2.15. The highest BCUT2D eigenvalue weighted by atomic mass is 32.2. The maximum Gasteiger partial charge on any atom is 0.220 e. The fourth-order valence-electron chi connectivity index (χ4n) is 1.54. The van der Waals surface area contributed by atoms with E-state index in [1.165, 1.54) is 11.5 Å². The number of hydrogen-bond acceptors (Lipinski definition) is 3. The SMILES string of the molecule is O=C(CCCCO)NC1CCSCC1. The van der Waals surface area contributed by atoms with Gasteiger partial charge in [-0.05, 0) is 37.2 Å². The van der Waals surface area contributed by atoms with Crippen LogP contribution in [0.2, 0.25) is 0 Å². The lowest BCUT2D eigenvalue weighted by Crippen LogP contribution is -2.37. The average Bonchev–Trinajstić information content (AvgIpc) is 2.20. The van der Waals surface area contributed by atoms with E-state index in [1.807, 2.05) is 11.8 Å². The summed E-state index contributed by atoms with van der Waals surface area (Å²) in [6, 6.07) is 0.401. The second-order valence-electron chi connectivity index (χ2n) is 3.63. The maximum atomic E-state index is 11.4. The zero-order valence-corrected chi connectivity index (χ0v) is 9.31. The molecule has 82 valence electrons. The Hall–Kier alpha value is -0.220. The van der Waals surface area contributed by atoms with Crippen LogP contribution in [-0.4, -0.2) is 35.2 Å². The van der Waals surface area contributed by atoms with Gasteiger partial charge in [-0.2, -0.15) is 11.8 Å². The molecule has 0 aromatic rings. The number of aliphatic hydroxyl groups is 1. The van der Waals surface area contributed by atoms with E-state index in [0.717, 1.165) is 25.7 Å². The van der Waals surface area contributed by atoms with Crippen LogP contribution in [0.25, 0.3) is 0 Å². The molecule has 1 saturated heterocycles. The van der Waals surface area contributed by atoms with Crippen LogP contribution >= 0.6 is 11.8 Å². The molecule has 1 aliphatic rings. The van der Waals surface area contributed by atoms with E-state index >= 15 is 0 Å². The highest BCUT2D eigenvalue weighted by molar-refractivity contribution is 7.99. The predicted molar refractivity (Wildman–Crippen MR) is 59.4 cm³/mol. The normalized spacial score (nSPS) is 18.1. The molecular formula is C10H19NO2S. The van der Waals surface area contributed by atoms with E-state index in [9.17, 15) is 4.79 Å². The van der Waals surface area contributed by atoms with Crippen molar-refractivity contribution in [1.29, 1.82) is 0 Å². The van der Waals surface area contributed by atoms with Gasteiger partial charge in [0.2, 0.25) is 5.91 Å². The van der Waals surface area contributed by atoms with Crippen LogP contribution < -0.4 is 5.32 Å². The number of thioether (sulfide) groups is 1. The molecule has 1 fully saturated rings. The molecule has 1 aliphatic heterocycles. The number of rotatable bonds is 5. The first-order valence-corrected chi connectivity index (χ1v) is 6.46. The van der Waals surface area contributed by atoms with Crippen molar-refractivity contribution in [3.05, 3.63) is 0 Å². The summed E-state index contributed by atoms with van der Waals surface area (Å²) in [6.07, 6.45) is 4.30. The lowest BCUT2D eigenvalue weighted by molar-refractivity contribution is -0.122. The van der Waals surface area contributed by atoms with Crippen LogP contribution in [0.4, 0.5) is 0 Å². The van der Waals surface area contributed by atoms with Crippen LogP contribution in [0.15, 0.2) is 0 Å². The molecule has 0 aliphatic carbocycles. The van der Waals surface area contributed by atoms with Crippen molar-refractivity contribution in [2.45, 2.75) is 38.1 Å². The van der Waals surface area contributed by atoms with E-state index < -0.39 is 0 Å². The Labute approximate surface area is 89.6 Å². The predicted octanol–water partition coefficient (Wildman–Crippen LogP) is 1.16. The second kappa shape index (κ2) is 7.12. The van der Waals surface area contributed by atoms with Crippen molar-refractivity contribution in [2.75, 3.05) is 18.1 Å². The van der Waals surface area contributed by atoms with Crippen molar-refractivity contribution in [1.82, 2.24) is 5.32 Å². The molecule has 0 spiro atoms. The third-order valence-electron chi connectivity index (χ3n) is 2.40. The minimum atomic E-state index is 0.148. The molecule has 1 rings (SSSR count). The molecule has 0 radical (unpaired) electrons. The molecule has 0 aromatic heterocycles. The molecule has 0 unspecified atom stereocenters.